The van der Waals surface area contributed by atoms with Crippen LogP contribution in [0.4, 0.5) is 5.69 Å². The van der Waals surface area contributed by atoms with Crippen molar-refractivity contribution in [1.29, 1.82) is 0 Å². The van der Waals surface area contributed by atoms with E-state index in [-0.39, 0.29) is 0 Å². The van der Waals surface area contributed by atoms with Gasteiger partial charge in [0.2, 0.25) is 0 Å². The van der Waals surface area contributed by atoms with Gasteiger partial charge in [0.1, 0.15) is 5.75 Å². The van der Waals surface area contributed by atoms with E-state index in [4.69, 9.17) is 4.74 Å². The average molecular weight is 220 g/mol. The van der Waals surface area contributed by atoms with Crippen molar-refractivity contribution in [2.75, 3.05) is 38.7 Å². The Balaban J connectivity index is 1.93. The second-order valence-electron chi connectivity index (χ2n) is 4.41. The fourth-order valence-corrected chi connectivity index (χ4v) is 1.99. The van der Waals surface area contributed by atoms with Crippen molar-refractivity contribution >= 4 is 5.69 Å². The Hall–Kier alpha value is -1.22. The van der Waals surface area contributed by atoms with Gasteiger partial charge in [0.05, 0.1) is 12.8 Å². The van der Waals surface area contributed by atoms with E-state index in [0.29, 0.717) is 0 Å². The number of para-hydroxylation sites is 2. The SMILES string of the molecule is COc1ccccc1N(C)CCC1CNC1. The first kappa shape index (κ1) is 11.3. The number of ether oxygens (including phenoxy) is 1. The quantitative estimate of drug-likeness (QED) is 0.818. The Kier molecular flexibility index (Phi) is 3.67. The fraction of sp³-hybridized carbons (Fsp3) is 0.538. The molecule has 1 aliphatic rings. The molecule has 1 N–H and O–H groups in total. The molecule has 0 saturated carbocycles. The minimum Gasteiger partial charge on any atom is -0.495 e. The first-order valence-electron chi connectivity index (χ1n) is 5.86. The maximum atomic E-state index is 5.36. The lowest BCUT2D eigenvalue weighted by Gasteiger charge is -2.30. The number of rotatable bonds is 5. The molecule has 0 unspecified atom stereocenters. The summed E-state index contributed by atoms with van der Waals surface area (Å²) in [5.41, 5.74) is 1.18. The van der Waals surface area contributed by atoms with E-state index in [1.54, 1.807) is 7.11 Å². The highest BCUT2D eigenvalue weighted by Crippen LogP contribution is 2.27. The van der Waals surface area contributed by atoms with Crippen molar-refractivity contribution < 1.29 is 4.74 Å². The molecular weight excluding hydrogens is 200 g/mol. The van der Waals surface area contributed by atoms with Gasteiger partial charge >= 0.3 is 0 Å². The van der Waals surface area contributed by atoms with E-state index < -0.39 is 0 Å². The minimum atomic E-state index is 0.858. The highest BCUT2D eigenvalue weighted by molar-refractivity contribution is 5.57. The molecule has 0 aliphatic carbocycles. The molecule has 0 bridgehead atoms. The zero-order valence-electron chi connectivity index (χ0n) is 10.1. The van der Waals surface area contributed by atoms with Gasteiger partial charge in [-0.1, -0.05) is 12.1 Å². The van der Waals surface area contributed by atoms with Crippen molar-refractivity contribution in [2.45, 2.75) is 6.42 Å². The standard InChI is InChI=1S/C13H20N2O/c1-15(8-7-11-9-14-10-11)12-5-3-4-6-13(12)16-2/h3-6,11,14H,7-10H2,1-2H3. The van der Waals surface area contributed by atoms with Crippen molar-refractivity contribution in [3.8, 4) is 5.75 Å². The van der Waals surface area contributed by atoms with Crippen LogP contribution in [0.2, 0.25) is 0 Å². The molecule has 1 aromatic rings. The van der Waals surface area contributed by atoms with Crippen LogP contribution in [0.15, 0.2) is 24.3 Å². The summed E-state index contributed by atoms with van der Waals surface area (Å²) >= 11 is 0. The lowest BCUT2D eigenvalue weighted by molar-refractivity contribution is 0.330. The number of methoxy groups -OCH3 is 1. The molecule has 3 heteroatoms. The third-order valence-corrected chi connectivity index (χ3v) is 3.24. The zero-order chi connectivity index (χ0) is 11.4. The zero-order valence-corrected chi connectivity index (χ0v) is 10.1. The molecule has 1 aromatic carbocycles. The Morgan fingerprint density at radius 3 is 2.75 bits per heavy atom. The highest BCUT2D eigenvalue weighted by Gasteiger charge is 2.17. The molecule has 0 radical (unpaired) electrons. The lowest BCUT2D eigenvalue weighted by atomic mass is 9.99. The van der Waals surface area contributed by atoms with E-state index in [1.807, 2.05) is 12.1 Å². The number of benzene rings is 1. The number of nitrogens with zero attached hydrogens (tertiary/aromatic N) is 1. The first-order chi connectivity index (χ1) is 7.81. The topological polar surface area (TPSA) is 24.5 Å². The van der Waals surface area contributed by atoms with Gasteiger partial charge in [-0.3, -0.25) is 0 Å². The summed E-state index contributed by atoms with van der Waals surface area (Å²) in [5.74, 6) is 1.81. The lowest BCUT2D eigenvalue weighted by Crippen LogP contribution is -2.43. The molecule has 0 aromatic heterocycles. The second kappa shape index (κ2) is 5.21. The van der Waals surface area contributed by atoms with Crippen LogP contribution in [0.5, 0.6) is 5.75 Å². The highest BCUT2D eigenvalue weighted by atomic mass is 16.5. The molecule has 0 amide bonds. The van der Waals surface area contributed by atoms with E-state index in [9.17, 15) is 0 Å². The predicted molar refractivity (Wildman–Crippen MR) is 67.2 cm³/mol. The molecule has 88 valence electrons. The molecule has 1 aliphatic heterocycles. The largest absolute Gasteiger partial charge is 0.495 e. The molecule has 0 atom stereocenters. The molecule has 0 spiro atoms. The summed E-state index contributed by atoms with van der Waals surface area (Å²) in [4.78, 5) is 2.27. The summed E-state index contributed by atoms with van der Waals surface area (Å²) in [6, 6.07) is 8.18. The minimum absolute atomic E-state index is 0.858. The summed E-state index contributed by atoms with van der Waals surface area (Å²) in [6.45, 7) is 3.45. The third kappa shape index (κ3) is 2.47. The summed E-state index contributed by atoms with van der Waals surface area (Å²) in [6.07, 6.45) is 1.25. The van der Waals surface area contributed by atoms with E-state index in [2.05, 4.69) is 29.4 Å². The second-order valence-corrected chi connectivity index (χ2v) is 4.41. The smallest absolute Gasteiger partial charge is 0.142 e. The van der Waals surface area contributed by atoms with Gasteiger partial charge in [-0.2, -0.15) is 0 Å². The normalized spacial score (nSPS) is 15.6. The van der Waals surface area contributed by atoms with Gasteiger partial charge in [0, 0.05) is 13.6 Å². The molecule has 1 fully saturated rings. The summed E-state index contributed by atoms with van der Waals surface area (Å²) in [5, 5.41) is 3.30. The van der Waals surface area contributed by atoms with E-state index in [0.717, 1.165) is 18.2 Å². The van der Waals surface area contributed by atoms with Crippen LogP contribution in [-0.4, -0.2) is 33.8 Å². The van der Waals surface area contributed by atoms with Crippen LogP contribution < -0.4 is 15.0 Å². The maximum Gasteiger partial charge on any atom is 0.142 e. The third-order valence-electron chi connectivity index (χ3n) is 3.24. The molecule has 3 nitrogen and oxygen atoms in total. The van der Waals surface area contributed by atoms with Crippen LogP contribution in [0, 0.1) is 5.92 Å². The Morgan fingerprint density at radius 1 is 1.38 bits per heavy atom. The van der Waals surface area contributed by atoms with Gasteiger partial charge in [-0.25, -0.2) is 0 Å². The van der Waals surface area contributed by atoms with Crippen molar-refractivity contribution in [3.05, 3.63) is 24.3 Å². The summed E-state index contributed by atoms with van der Waals surface area (Å²) in [7, 11) is 3.85. The van der Waals surface area contributed by atoms with Crippen molar-refractivity contribution in [1.82, 2.24) is 5.32 Å². The van der Waals surface area contributed by atoms with Crippen LogP contribution in [0.3, 0.4) is 0 Å². The van der Waals surface area contributed by atoms with Gasteiger partial charge in [-0.15, -0.1) is 0 Å². The molecule has 1 heterocycles. The van der Waals surface area contributed by atoms with Crippen LogP contribution in [0.1, 0.15) is 6.42 Å². The average Bonchev–Trinajstić information content (AvgIpc) is 2.26. The van der Waals surface area contributed by atoms with Crippen LogP contribution >= 0.6 is 0 Å². The van der Waals surface area contributed by atoms with Gasteiger partial charge < -0.3 is 15.0 Å². The first-order valence-corrected chi connectivity index (χ1v) is 5.86. The number of hydrogen-bond acceptors (Lipinski definition) is 3. The van der Waals surface area contributed by atoms with Crippen LogP contribution in [0.25, 0.3) is 0 Å². The molecule has 2 rings (SSSR count). The maximum absolute atomic E-state index is 5.36. The van der Waals surface area contributed by atoms with Crippen molar-refractivity contribution in [3.63, 3.8) is 0 Å². The number of anilines is 1. The Morgan fingerprint density at radius 2 is 2.12 bits per heavy atom. The predicted octanol–water partition coefficient (Wildman–Crippen LogP) is 1.74. The molecular formula is C13H20N2O. The van der Waals surface area contributed by atoms with Gasteiger partial charge in [0.15, 0.2) is 0 Å². The van der Waals surface area contributed by atoms with E-state index >= 15 is 0 Å². The number of hydrogen-bond donors (Lipinski definition) is 1. The monoisotopic (exact) mass is 220 g/mol. The fourth-order valence-electron chi connectivity index (χ4n) is 1.99. The van der Waals surface area contributed by atoms with Crippen LogP contribution in [-0.2, 0) is 0 Å². The van der Waals surface area contributed by atoms with E-state index in [1.165, 1.54) is 25.2 Å². The van der Waals surface area contributed by atoms with Crippen molar-refractivity contribution in [2.24, 2.45) is 5.92 Å². The summed E-state index contributed by atoms with van der Waals surface area (Å²) < 4.78 is 5.36. The Labute approximate surface area is 97.4 Å². The van der Waals surface area contributed by atoms with Gasteiger partial charge in [-0.05, 0) is 37.6 Å². The van der Waals surface area contributed by atoms with Gasteiger partial charge in [0.25, 0.3) is 0 Å². The number of nitrogens with one attached hydrogen (secondary N) is 1. The molecule has 1 saturated heterocycles. The molecule has 16 heavy (non-hydrogen) atoms. The Bertz CT molecular complexity index is 336.